The Labute approximate surface area is 218 Å². The Morgan fingerprint density at radius 3 is 2.57 bits per heavy atom. The molecule has 4 rings (SSSR count). The number of hydrogen-bond donors (Lipinski definition) is 2. The van der Waals surface area contributed by atoms with Gasteiger partial charge in [0, 0.05) is 25.1 Å². The van der Waals surface area contributed by atoms with Crippen LogP contribution in [0.15, 0.2) is 42.5 Å². The number of thiazole rings is 1. The number of nitrogens with zero attached hydrogens (tertiary/aromatic N) is 3. The third kappa shape index (κ3) is 5.50. The van der Waals surface area contributed by atoms with E-state index in [1.807, 2.05) is 0 Å². The summed E-state index contributed by atoms with van der Waals surface area (Å²) in [6, 6.07) is 11.3. The first-order chi connectivity index (χ1) is 17.5. The van der Waals surface area contributed by atoms with Crippen LogP contribution in [0.4, 0.5) is 19.6 Å². The van der Waals surface area contributed by atoms with Gasteiger partial charge in [-0.2, -0.15) is 5.26 Å². The van der Waals surface area contributed by atoms with Crippen LogP contribution >= 0.6 is 22.9 Å². The van der Waals surface area contributed by atoms with E-state index < -0.39 is 23.0 Å². The normalized spacial score (nSPS) is 11.2. The summed E-state index contributed by atoms with van der Waals surface area (Å²) in [5.41, 5.74) is -0.383. The molecule has 2 heterocycles. The van der Waals surface area contributed by atoms with Crippen LogP contribution in [0.2, 0.25) is 5.02 Å². The number of halogens is 3. The average Bonchev–Trinajstić information content (AvgIpc) is 3.22. The van der Waals surface area contributed by atoms with Crippen LogP contribution in [-0.2, 0) is 10.2 Å². The third-order valence-electron chi connectivity index (χ3n) is 5.19. The Morgan fingerprint density at radius 2 is 1.86 bits per heavy atom. The summed E-state index contributed by atoms with van der Waals surface area (Å²) in [7, 11) is 0. The number of aromatic nitrogens is 2. The molecule has 0 atom stereocenters. The molecule has 0 aliphatic rings. The summed E-state index contributed by atoms with van der Waals surface area (Å²) in [4.78, 5) is 33.0. The fourth-order valence-electron chi connectivity index (χ4n) is 3.32. The Morgan fingerprint density at radius 1 is 1.11 bits per heavy atom. The maximum atomic E-state index is 14.5. The van der Waals surface area contributed by atoms with E-state index >= 15 is 0 Å². The molecule has 0 bridgehead atoms. The molecule has 8 nitrogen and oxygen atoms in total. The zero-order valence-electron chi connectivity index (χ0n) is 19.6. The van der Waals surface area contributed by atoms with Crippen molar-refractivity contribution in [1.82, 2.24) is 9.97 Å². The smallest absolute Gasteiger partial charge is 0.257 e. The van der Waals surface area contributed by atoms with Gasteiger partial charge in [0.1, 0.15) is 16.2 Å². The summed E-state index contributed by atoms with van der Waals surface area (Å²) in [5, 5.41) is 14.7. The Kier molecular flexibility index (Phi) is 7.07. The van der Waals surface area contributed by atoms with Crippen LogP contribution in [0.25, 0.3) is 10.3 Å². The molecule has 2 aromatic carbocycles. The maximum Gasteiger partial charge on any atom is 0.257 e. The average molecular weight is 542 g/mol. The number of carbonyl (C=O) groups is 2. The molecule has 0 radical (unpaired) electrons. The number of nitriles is 1. The molecule has 2 aromatic heterocycles. The van der Waals surface area contributed by atoms with Gasteiger partial charge >= 0.3 is 0 Å². The molecule has 0 aliphatic heterocycles. The van der Waals surface area contributed by atoms with Crippen molar-refractivity contribution in [2.45, 2.75) is 26.2 Å². The van der Waals surface area contributed by atoms with Crippen molar-refractivity contribution in [1.29, 1.82) is 5.26 Å². The number of amides is 2. The number of pyridine rings is 1. The van der Waals surface area contributed by atoms with Crippen LogP contribution in [0, 0.1) is 23.0 Å². The second kappa shape index (κ2) is 10.1. The molecule has 0 fully saturated rings. The van der Waals surface area contributed by atoms with Gasteiger partial charge in [-0.05, 0) is 31.5 Å². The molecule has 0 spiro atoms. The fraction of sp³-hybridized carbons (Fsp3) is 0.160. The second-order valence-corrected chi connectivity index (χ2v) is 9.75. The predicted octanol–water partition coefficient (Wildman–Crippen LogP) is 6.43. The van der Waals surface area contributed by atoms with Gasteiger partial charge in [0.05, 0.1) is 27.8 Å². The van der Waals surface area contributed by atoms with Crippen LogP contribution in [-0.4, -0.2) is 21.8 Å². The lowest BCUT2D eigenvalue weighted by Crippen LogP contribution is -2.19. The molecular formula is C25H18ClF2N5O3S. The van der Waals surface area contributed by atoms with Crippen molar-refractivity contribution in [3.05, 3.63) is 70.2 Å². The topological polar surface area (TPSA) is 117 Å². The van der Waals surface area contributed by atoms with Crippen molar-refractivity contribution in [2.75, 3.05) is 10.6 Å². The lowest BCUT2D eigenvalue weighted by molar-refractivity contribution is -0.114. The summed E-state index contributed by atoms with van der Waals surface area (Å²) >= 11 is 7.48. The second-order valence-electron chi connectivity index (χ2n) is 8.40. The number of rotatable bonds is 6. The third-order valence-corrected chi connectivity index (χ3v) is 6.48. The Bertz CT molecular complexity index is 1600. The van der Waals surface area contributed by atoms with Crippen LogP contribution in [0.1, 0.15) is 36.7 Å². The molecule has 4 aromatic rings. The first-order valence-corrected chi connectivity index (χ1v) is 11.9. The number of carbonyl (C=O) groups excluding carboxylic acids is 2. The van der Waals surface area contributed by atoms with E-state index in [4.69, 9.17) is 16.3 Å². The number of hydrogen-bond acceptors (Lipinski definition) is 7. The van der Waals surface area contributed by atoms with E-state index in [0.717, 1.165) is 17.4 Å². The lowest BCUT2D eigenvalue weighted by atomic mass is 9.85. The molecule has 0 aliphatic carbocycles. The molecule has 188 valence electrons. The first-order valence-electron chi connectivity index (χ1n) is 10.7. The molecule has 0 unspecified atom stereocenters. The largest absolute Gasteiger partial charge is 0.436 e. The quantitative estimate of drug-likeness (QED) is 0.290. The number of fused-ring (bicyclic) bond motifs is 1. The minimum Gasteiger partial charge on any atom is -0.436 e. The highest BCUT2D eigenvalue weighted by Gasteiger charge is 2.26. The van der Waals surface area contributed by atoms with E-state index in [2.05, 4.69) is 26.7 Å². The summed E-state index contributed by atoms with van der Waals surface area (Å²) in [6.45, 7) is 4.65. The molecule has 0 saturated carbocycles. The summed E-state index contributed by atoms with van der Waals surface area (Å²) < 4.78 is 34.6. The van der Waals surface area contributed by atoms with Gasteiger partial charge in [-0.15, -0.1) is 0 Å². The van der Waals surface area contributed by atoms with E-state index in [1.54, 1.807) is 32.0 Å². The van der Waals surface area contributed by atoms with Crippen molar-refractivity contribution in [3.63, 3.8) is 0 Å². The number of benzene rings is 2. The summed E-state index contributed by atoms with van der Waals surface area (Å²) in [5.74, 6) is -3.50. The molecule has 12 heteroatoms. The van der Waals surface area contributed by atoms with Crippen LogP contribution < -0.4 is 15.4 Å². The number of ether oxygens (including phenoxy) is 1. The highest BCUT2D eigenvalue weighted by molar-refractivity contribution is 7.21. The van der Waals surface area contributed by atoms with Crippen molar-refractivity contribution < 1.29 is 23.1 Å². The molecule has 37 heavy (non-hydrogen) atoms. The van der Waals surface area contributed by atoms with Gasteiger partial charge < -0.3 is 15.4 Å². The highest BCUT2D eigenvalue weighted by atomic mass is 35.5. The first kappa shape index (κ1) is 25.9. The zero-order valence-corrected chi connectivity index (χ0v) is 21.2. The van der Waals surface area contributed by atoms with Crippen molar-refractivity contribution in [3.8, 4) is 17.7 Å². The molecular weight excluding hydrogens is 524 g/mol. The molecule has 0 saturated heterocycles. The van der Waals surface area contributed by atoms with Crippen LogP contribution in [0.3, 0.4) is 0 Å². The Hall–Kier alpha value is -4.14. The van der Waals surface area contributed by atoms with Gasteiger partial charge in [-0.3, -0.25) is 9.59 Å². The monoisotopic (exact) mass is 541 g/mol. The van der Waals surface area contributed by atoms with Crippen molar-refractivity contribution in [2.24, 2.45) is 0 Å². The number of nitrogens with one attached hydrogen (secondary N) is 2. The summed E-state index contributed by atoms with van der Waals surface area (Å²) in [6.07, 6.45) is 0. The highest BCUT2D eigenvalue weighted by Crippen LogP contribution is 2.34. The SMILES string of the molecule is CC(=O)Nc1nc2ccc(Oc3cc(NC(=O)c4cccc(C(C)(C)C#N)c4Cl)c(F)cc3F)nc2s1. The minimum absolute atomic E-state index is 0.0113. The van der Waals surface area contributed by atoms with E-state index in [0.29, 0.717) is 27.1 Å². The van der Waals surface area contributed by atoms with Crippen LogP contribution in [0.5, 0.6) is 11.6 Å². The molecule has 2 N–H and O–H groups in total. The number of anilines is 2. The fourth-order valence-corrected chi connectivity index (χ4v) is 4.64. The van der Waals surface area contributed by atoms with Gasteiger partial charge in [-0.25, -0.2) is 18.7 Å². The van der Waals surface area contributed by atoms with Gasteiger partial charge in [-0.1, -0.05) is 35.1 Å². The lowest BCUT2D eigenvalue weighted by Gasteiger charge is -2.19. The van der Waals surface area contributed by atoms with E-state index in [-0.39, 0.29) is 33.8 Å². The Balaban J connectivity index is 1.60. The standard InChI is InChI=1S/C25H18ClF2N5O3S/c1-12(34)30-24-32-17-7-8-20(33-23(17)37-24)36-19-10-18(15(27)9-16(19)28)31-22(35)13-5-4-6-14(21(13)26)25(2,3)11-29/h4-10H,1-3H3,(H,31,35)(H,30,32,34). The van der Waals surface area contributed by atoms with Crippen molar-refractivity contribution >= 4 is 55.9 Å². The van der Waals surface area contributed by atoms with Gasteiger partial charge in [0.25, 0.3) is 5.91 Å². The van der Waals surface area contributed by atoms with Gasteiger partial charge in [0.2, 0.25) is 11.8 Å². The van der Waals surface area contributed by atoms with E-state index in [9.17, 15) is 23.6 Å². The predicted molar refractivity (Wildman–Crippen MR) is 136 cm³/mol. The van der Waals surface area contributed by atoms with Gasteiger partial charge in [0.15, 0.2) is 16.7 Å². The maximum absolute atomic E-state index is 14.5. The zero-order chi connectivity index (χ0) is 26.9. The minimum atomic E-state index is -1.03. The van der Waals surface area contributed by atoms with E-state index in [1.165, 1.54) is 19.1 Å². The molecule has 2 amide bonds.